The SMILES string of the molecule is CC(C1CC1)N(C)C(=O)c1ccc(CN2C(=O)c3ccccc3C2=O)cc1. The number of nitrogens with zero attached hydrogens (tertiary/aromatic N) is 2. The van der Waals surface area contributed by atoms with E-state index in [0.29, 0.717) is 22.6 Å². The summed E-state index contributed by atoms with van der Waals surface area (Å²) in [7, 11) is 1.85. The predicted octanol–water partition coefficient (Wildman–Crippen LogP) is 3.35. The summed E-state index contributed by atoms with van der Waals surface area (Å²) >= 11 is 0. The first-order valence-electron chi connectivity index (χ1n) is 9.28. The van der Waals surface area contributed by atoms with Gasteiger partial charge in [-0.25, -0.2) is 0 Å². The Morgan fingerprint density at radius 1 is 1.04 bits per heavy atom. The smallest absolute Gasteiger partial charge is 0.261 e. The Labute approximate surface area is 158 Å². The lowest BCUT2D eigenvalue weighted by Gasteiger charge is -2.25. The standard InChI is InChI=1S/C22H22N2O3/c1-14(16-11-12-16)23(2)20(25)17-9-7-15(8-10-17)13-24-21(26)18-5-3-4-6-19(18)22(24)27/h3-10,14,16H,11-13H2,1-2H3. The maximum absolute atomic E-state index is 12.6. The molecule has 3 amide bonds. The van der Waals surface area contributed by atoms with Gasteiger partial charge < -0.3 is 4.90 Å². The van der Waals surface area contributed by atoms with Crippen LogP contribution < -0.4 is 0 Å². The summed E-state index contributed by atoms with van der Waals surface area (Å²) in [6.45, 7) is 2.29. The molecule has 0 saturated heterocycles. The van der Waals surface area contributed by atoms with Crippen LogP contribution in [0.15, 0.2) is 48.5 Å². The van der Waals surface area contributed by atoms with Crippen LogP contribution in [0.1, 0.15) is 56.4 Å². The first kappa shape index (κ1) is 17.5. The highest BCUT2D eigenvalue weighted by molar-refractivity contribution is 6.21. The highest BCUT2D eigenvalue weighted by Gasteiger charge is 2.35. The van der Waals surface area contributed by atoms with Crippen molar-refractivity contribution in [2.45, 2.75) is 32.4 Å². The second kappa shape index (κ2) is 6.65. The first-order chi connectivity index (χ1) is 13.0. The van der Waals surface area contributed by atoms with Crippen LogP contribution in [0.5, 0.6) is 0 Å². The Morgan fingerprint density at radius 2 is 1.59 bits per heavy atom. The van der Waals surface area contributed by atoms with Crippen LogP contribution in [0.25, 0.3) is 0 Å². The Hall–Kier alpha value is -2.95. The average molecular weight is 362 g/mol. The monoisotopic (exact) mass is 362 g/mol. The maximum atomic E-state index is 12.6. The van der Waals surface area contributed by atoms with Crippen LogP contribution in [-0.4, -0.2) is 40.6 Å². The van der Waals surface area contributed by atoms with E-state index in [1.54, 1.807) is 41.3 Å². The van der Waals surface area contributed by atoms with Crippen molar-refractivity contribution in [3.05, 3.63) is 70.8 Å². The molecule has 2 aliphatic rings. The van der Waals surface area contributed by atoms with Gasteiger partial charge in [0.2, 0.25) is 0 Å². The molecule has 1 saturated carbocycles. The molecule has 1 aliphatic heterocycles. The molecule has 1 atom stereocenters. The minimum absolute atomic E-state index is 0.00156. The second-order valence-corrected chi connectivity index (χ2v) is 7.43. The van der Waals surface area contributed by atoms with Gasteiger partial charge in [0.1, 0.15) is 0 Å². The summed E-state index contributed by atoms with van der Waals surface area (Å²) in [5.41, 5.74) is 2.34. The number of imide groups is 1. The number of fused-ring (bicyclic) bond motifs is 1. The predicted molar refractivity (Wildman–Crippen MR) is 101 cm³/mol. The molecule has 2 aromatic carbocycles. The fourth-order valence-electron chi connectivity index (χ4n) is 3.60. The topological polar surface area (TPSA) is 57.7 Å². The molecule has 1 heterocycles. The van der Waals surface area contributed by atoms with Gasteiger partial charge in [-0.2, -0.15) is 0 Å². The molecule has 0 bridgehead atoms. The van der Waals surface area contributed by atoms with Gasteiger partial charge in [0, 0.05) is 18.7 Å². The Morgan fingerprint density at radius 3 is 2.11 bits per heavy atom. The van der Waals surface area contributed by atoms with Gasteiger partial charge in [-0.1, -0.05) is 24.3 Å². The van der Waals surface area contributed by atoms with Gasteiger partial charge in [-0.05, 0) is 55.5 Å². The Balaban J connectivity index is 1.46. The summed E-state index contributed by atoms with van der Waals surface area (Å²) in [6.07, 6.45) is 2.38. The molecule has 5 nitrogen and oxygen atoms in total. The van der Waals surface area contributed by atoms with Crippen molar-refractivity contribution in [3.63, 3.8) is 0 Å². The van der Waals surface area contributed by atoms with Crippen molar-refractivity contribution >= 4 is 17.7 Å². The molecular weight excluding hydrogens is 340 g/mol. The first-order valence-corrected chi connectivity index (χ1v) is 9.28. The highest BCUT2D eigenvalue weighted by Crippen LogP contribution is 2.35. The van der Waals surface area contributed by atoms with E-state index in [9.17, 15) is 14.4 Å². The van der Waals surface area contributed by atoms with Crippen molar-refractivity contribution in [2.24, 2.45) is 5.92 Å². The van der Waals surface area contributed by atoms with Gasteiger partial charge in [0.05, 0.1) is 17.7 Å². The lowest BCUT2D eigenvalue weighted by Crippen LogP contribution is -2.36. The van der Waals surface area contributed by atoms with Crippen molar-refractivity contribution in [3.8, 4) is 0 Å². The summed E-state index contributed by atoms with van der Waals surface area (Å²) in [5, 5.41) is 0. The fraction of sp³-hybridized carbons (Fsp3) is 0.318. The van der Waals surface area contributed by atoms with Crippen LogP contribution in [0.3, 0.4) is 0 Å². The molecule has 4 rings (SSSR count). The number of hydrogen-bond acceptors (Lipinski definition) is 3. The van der Waals surface area contributed by atoms with Crippen LogP contribution in [0, 0.1) is 5.92 Å². The summed E-state index contributed by atoms with van der Waals surface area (Å²) in [5.74, 6) is 0.0798. The molecule has 0 spiro atoms. The van der Waals surface area contributed by atoms with E-state index in [0.717, 1.165) is 5.56 Å². The normalized spacial score (nSPS) is 17.0. The van der Waals surface area contributed by atoms with Gasteiger partial charge in [0.25, 0.3) is 17.7 Å². The minimum Gasteiger partial charge on any atom is -0.339 e. The van der Waals surface area contributed by atoms with E-state index in [1.807, 2.05) is 19.2 Å². The summed E-state index contributed by atoms with van der Waals surface area (Å²) in [6, 6.07) is 14.3. The molecule has 27 heavy (non-hydrogen) atoms. The lowest BCUT2D eigenvalue weighted by atomic mass is 10.1. The zero-order chi connectivity index (χ0) is 19.1. The van der Waals surface area contributed by atoms with E-state index < -0.39 is 0 Å². The van der Waals surface area contributed by atoms with Crippen LogP contribution in [-0.2, 0) is 6.54 Å². The molecular formula is C22H22N2O3. The third kappa shape index (κ3) is 3.14. The van der Waals surface area contributed by atoms with E-state index in [-0.39, 0.29) is 30.3 Å². The molecule has 1 aliphatic carbocycles. The molecule has 138 valence electrons. The lowest BCUT2D eigenvalue weighted by molar-refractivity contribution is 0.0640. The third-order valence-corrected chi connectivity index (χ3v) is 5.66. The number of carbonyl (C=O) groups excluding carboxylic acids is 3. The van der Waals surface area contributed by atoms with E-state index >= 15 is 0 Å². The van der Waals surface area contributed by atoms with Crippen molar-refractivity contribution in [1.29, 1.82) is 0 Å². The largest absolute Gasteiger partial charge is 0.339 e. The average Bonchev–Trinajstić information content (AvgIpc) is 3.52. The van der Waals surface area contributed by atoms with Gasteiger partial charge in [-0.15, -0.1) is 0 Å². The van der Waals surface area contributed by atoms with Gasteiger partial charge >= 0.3 is 0 Å². The number of carbonyl (C=O) groups is 3. The second-order valence-electron chi connectivity index (χ2n) is 7.43. The summed E-state index contributed by atoms with van der Waals surface area (Å²) < 4.78 is 0. The molecule has 0 radical (unpaired) electrons. The number of benzene rings is 2. The van der Waals surface area contributed by atoms with E-state index in [4.69, 9.17) is 0 Å². The zero-order valence-electron chi connectivity index (χ0n) is 15.5. The van der Waals surface area contributed by atoms with Gasteiger partial charge in [-0.3, -0.25) is 19.3 Å². The summed E-state index contributed by atoms with van der Waals surface area (Å²) in [4.78, 5) is 40.6. The maximum Gasteiger partial charge on any atom is 0.261 e. The molecule has 1 fully saturated rings. The molecule has 0 N–H and O–H groups in total. The molecule has 0 aromatic heterocycles. The Kier molecular flexibility index (Phi) is 4.30. The number of rotatable bonds is 5. The zero-order valence-corrected chi connectivity index (χ0v) is 15.5. The van der Waals surface area contributed by atoms with Crippen molar-refractivity contribution < 1.29 is 14.4 Å². The van der Waals surface area contributed by atoms with Crippen LogP contribution in [0.2, 0.25) is 0 Å². The third-order valence-electron chi connectivity index (χ3n) is 5.66. The molecule has 5 heteroatoms. The van der Waals surface area contributed by atoms with Crippen LogP contribution in [0.4, 0.5) is 0 Å². The van der Waals surface area contributed by atoms with E-state index in [2.05, 4.69) is 6.92 Å². The molecule has 2 aromatic rings. The van der Waals surface area contributed by atoms with E-state index in [1.165, 1.54) is 17.7 Å². The van der Waals surface area contributed by atoms with Crippen molar-refractivity contribution in [1.82, 2.24) is 9.80 Å². The highest BCUT2D eigenvalue weighted by atomic mass is 16.2. The quantitative estimate of drug-likeness (QED) is 0.767. The number of amides is 3. The molecule has 1 unspecified atom stereocenters. The minimum atomic E-state index is -0.270. The van der Waals surface area contributed by atoms with Crippen LogP contribution >= 0.6 is 0 Å². The Bertz CT molecular complexity index is 880. The van der Waals surface area contributed by atoms with Crippen molar-refractivity contribution in [2.75, 3.05) is 7.05 Å². The number of hydrogen-bond donors (Lipinski definition) is 0. The van der Waals surface area contributed by atoms with Gasteiger partial charge in [0.15, 0.2) is 0 Å². The fourth-order valence-corrected chi connectivity index (χ4v) is 3.60.